The molecule has 0 unspecified atom stereocenters. The van der Waals surface area contributed by atoms with E-state index in [1.54, 1.807) is 13.8 Å². The van der Waals surface area contributed by atoms with Gasteiger partial charge >= 0.3 is 5.97 Å². The highest BCUT2D eigenvalue weighted by Gasteiger charge is 2.30. The molecule has 0 aliphatic heterocycles. The number of ether oxygens (including phenoxy) is 1. The minimum atomic E-state index is -0.234. The van der Waals surface area contributed by atoms with Crippen LogP contribution in [-0.2, 0) is 14.3 Å². The standard InChI is InChI=1S/C15H24O3/c1-4-18-14(17)12(2)7-5-9-15(3)10-6-8-13(16)11-15/h7H,4-6,8-11H2,1-3H3/b12-7+/t15-/m1/s1. The lowest BCUT2D eigenvalue weighted by atomic mass is 9.72. The van der Waals surface area contributed by atoms with Crippen molar-refractivity contribution in [3.05, 3.63) is 11.6 Å². The van der Waals surface area contributed by atoms with Gasteiger partial charge in [-0.3, -0.25) is 4.79 Å². The van der Waals surface area contributed by atoms with Gasteiger partial charge in [-0.15, -0.1) is 0 Å². The number of allylic oxidation sites excluding steroid dienone is 1. The smallest absolute Gasteiger partial charge is 0.333 e. The first-order valence-corrected chi connectivity index (χ1v) is 6.82. The number of esters is 1. The van der Waals surface area contributed by atoms with Gasteiger partial charge in [-0.05, 0) is 44.9 Å². The normalized spacial score (nSPS) is 25.1. The average Bonchev–Trinajstić information content (AvgIpc) is 2.28. The van der Waals surface area contributed by atoms with E-state index in [0.717, 1.165) is 32.1 Å². The average molecular weight is 252 g/mol. The zero-order valence-electron chi connectivity index (χ0n) is 11.8. The fraction of sp³-hybridized carbons (Fsp3) is 0.733. The molecule has 3 heteroatoms. The molecule has 18 heavy (non-hydrogen) atoms. The molecule has 0 bridgehead atoms. The predicted molar refractivity (Wildman–Crippen MR) is 71.2 cm³/mol. The van der Waals surface area contributed by atoms with Crippen LogP contribution in [0.2, 0.25) is 0 Å². The van der Waals surface area contributed by atoms with E-state index in [1.165, 1.54) is 0 Å². The number of ketones is 1. The third kappa shape index (κ3) is 4.63. The fourth-order valence-electron chi connectivity index (χ4n) is 2.54. The summed E-state index contributed by atoms with van der Waals surface area (Å²) in [6.45, 7) is 6.18. The second kappa shape index (κ2) is 6.72. The van der Waals surface area contributed by atoms with Crippen LogP contribution in [0.4, 0.5) is 0 Å². The van der Waals surface area contributed by atoms with Gasteiger partial charge in [0.2, 0.25) is 0 Å². The number of hydrogen-bond donors (Lipinski definition) is 0. The number of carbonyl (C=O) groups excluding carboxylic acids is 2. The zero-order valence-corrected chi connectivity index (χ0v) is 11.8. The predicted octanol–water partition coefficient (Wildman–Crippen LogP) is 3.43. The number of Topliss-reactive ketones (excluding diaryl/α,β-unsaturated/α-hetero) is 1. The van der Waals surface area contributed by atoms with Crippen LogP contribution in [0, 0.1) is 5.41 Å². The Hall–Kier alpha value is -1.12. The van der Waals surface area contributed by atoms with Gasteiger partial charge in [0.15, 0.2) is 0 Å². The third-order valence-corrected chi connectivity index (χ3v) is 3.66. The van der Waals surface area contributed by atoms with Crippen molar-refractivity contribution in [2.24, 2.45) is 5.41 Å². The Bertz CT molecular complexity index is 344. The lowest BCUT2D eigenvalue weighted by Gasteiger charge is -2.32. The van der Waals surface area contributed by atoms with Crippen LogP contribution in [-0.4, -0.2) is 18.4 Å². The lowest BCUT2D eigenvalue weighted by Crippen LogP contribution is -2.25. The summed E-state index contributed by atoms with van der Waals surface area (Å²) < 4.78 is 4.93. The maximum absolute atomic E-state index is 11.5. The van der Waals surface area contributed by atoms with E-state index in [1.807, 2.05) is 6.08 Å². The topological polar surface area (TPSA) is 43.4 Å². The van der Waals surface area contributed by atoms with E-state index in [2.05, 4.69) is 6.92 Å². The van der Waals surface area contributed by atoms with Gasteiger partial charge in [0.05, 0.1) is 6.61 Å². The van der Waals surface area contributed by atoms with E-state index >= 15 is 0 Å². The second-order valence-electron chi connectivity index (χ2n) is 5.53. The molecule has 1 rings (SSSR count). The first kappa shape index (κ1) is 14.9. The van der Waals surface area contributed by atoms with E-state index in [-0.39, 0.29) is 11.4 Å². The van der Waals surface area contributed by atoms with Gasteiger partial charge in [-0.1, -0.05) is 13.0 Å². The number of rotatable bonds is 5. The first-order chi connectivity index (χ1) is 8.47. The van der Waals surface area contributed by atoms with Gasteiger partial charge in [0.1, 0.15) is 5.78 Å². The van der Waals surface area contributed by atoms with E-state index in [0.29, 0.717) is 24.4 Å². The summed E-state index contributed by atoms with van der Waals surface area (Å²) >= 11 is 0. The molecule has 1 fully saturated rings. The lowest BCUT2D eigenvalue weighted by molar-refractivity contribution is -0.138. The SMILES string of the molecule is CCOC(=O)/C(C)=C/CC[C@]1(C)CCCC(=O)C1. The molecule has 0 aromatic rings. The molecular formula is C15H24O3. The minimum absolute atomic E-state index is 0.126. The van der Waals surface area contributed by atoms with Crippen molar-refractivity contribution in [2.75, 3.05) is 6.61 Å². The molecule has 0 aromatic carbocycles. The molecule has 1 saturated carbocycles. The van der Waals surface area contributed by atoms with Crippen LogP contribution in [0.5, 0.6) is 0 Å². The van der Waals surface area contributed by atoms with Crippen LogP contribution < -0.4 is 0 Å². The van der Waals surface area contributed by atoms with Gasteiger partial charge < -0.3 is 4.74 Å². The van der Waals surface area contributed by atoms with Crippen molar-refractivity contribution in [3.63, 3.8) is 0 Å². The van der Waals surface area contributed by atoms with Crippen molar-refractivity contribution in [1.29, 1.82) is 0 Å². The number of carbonyl (C=O) groups is 2. The summed E-state index contributed by atoms with van der Waals surface area (Å²) in [7, 11) is 0. The minimum Gasteiger partial charge on any atom is -0.463 e. The maximum atomic E-state index is 11.5. The summed E-state index contributed by atoms with van der Waals surface area (Å²) in [4.78, 5) is 22.9. The molecule has 1 aliphatic rings. The molecule has 0 heterocycles. The van der Waals surface area contributed by atoms with Crippen molar-refractivity contribution in [1.82, 2.24) is 0 Å². The molecule has 3 nitrogen and oxygen atoms in total. The van der Waals surface area contributed by atoms with Crippen LogP contribution >= 0.6 is 0 Å². The Balaban J connectivity index is 2.42. The van der Waals surface area contributed by atoms with Crippen molar-refractivity contribution >= 4 is 11.8 Å². The molecular weight excluding hydrogens is 228 g/mol. The maximum Gasteiger partial charge on any atom is 0.333 e. The summed E-state index contributed by atoms with van der Waals surface area (Å²) in [6.07, 6.45) is 7.31. The van der Waals surface area contributed by atoms with Crippen LogP contribution in [0.15, 0.2) is 11.6 Å². The molecule has 0 saturated heterocycles. The highest BCUT2D eigenvalue weighted by atomic mass is 16.5. The first-order valence-electron chi connectivity index (χ1n) is 6.82. The van der Waals surface area contributed by atoms with Gasteiger partial charge in [-0.25, -0.2) is 4.79 Å². The Kier molecular flexibility index (Phi) is 5.57. The molecule has 1 aliphatic carbocycles. The Morgan fingerprint density at radius 2 is 2.22 bits per heavy atom. The van der Waals surface area contributed by atoms with Crippen molar-refractivity contribution in [2.45, 2.75) is 59.3 Å². The van der Waals surface area contributed by atoms with E-state index in [9.17, 15) is 9.59 Å². The van der Waals surface area contributed by atoms with E-state index in [4.69, 9.17) is 4.74 Å². The molecule has 0 N–H and O–H groups in total. The van der Waals surface area contributed by atoms with Crippen molar-refractivity contribution < 1.29 is 14.3 Å². The quantitative estimate of drug-likeness (QED) is 0.556. The number of hydrogen-bond acceptors (Lipinski definition) is 3. The molecule has 102 valence electrons. The molecule has 0 radical (unpaired) electrons. The van der Waals surface area contributed by atoms with Crippen LogP contribution in [0.1, 0.15) is 59.3 Å². The van der Waals surface area contributed by atoms with Crippen LogP contribution in [0.3, 0.4) is 0 Å². The summed E-state index contributed by atoms with van der Waals surface area (Å²) in [6, 6.07) is 0. The fourth-order valence-corrected chi connectivity index (χ4v) is 2.54. The van der Waals surface area contributed by atoms with Crippen molar-refractivity contribution in [3.8, 4) is 0 Å². The zero-order chi connectivity index (χ0) is 13.6. The summed E-state index contributed by atoms with van der Waals surface area (Å²) in [5.74, 6) is 0.150. The van der Waals surface area contributed by atoms with Gasteiger partial charge in [0, 0.05) is 18.4 Å². The molecule has 0 aromatic heterocycles. The highest BCUT2D eigenvalue weighted by molar-refractivity contribution is 5.87. The summed E-state index contributed by atoms with van der Waals surface area (Å²) in [5.41, 5.74) is 0.795. The summed E-state index contributed by atoms with van der Waals surface area (Å²) in [5, 5.41) is 0. The van der Waals surface area contributed by atoms with Crippen LogP contribution in [0.25, 0.3) is 0 Å². The van der Waals surface area contributed by atoms with Gasteiger partial charge in [-0.2, -0.15) is 0 Å². The highest BCUT2D eigenvalue weighted by Crippen LogP contribution is 2.38. The Labute approximate surface area is 110 Å². The molecule has 0 amide bonds. The second-order valence-corrected chi connectivity index (χ2v) is 5.53. The molecule has 0 spiro atoms. The third-order valence-electron chi connectivity index (χ3n) is 3.66. The largest absolute Gasteiger partial charge is 0.463 e. The van der Waals surface area contributed by atoms with Gasteiger partial charge in [0.25, 0.3) is 0 Å². The Morgan fingerprint density at radius 1 is 1.50 bits per heavy atom. The Morgan fingerprint density at radius 3 is 2.83 bits per heavy atom. The molecule has 1 atom stereocenters. The van der Waals surface area contributed by atoms with E-state index < -0.39 is 0 Å². The monoisotopic (exact) mass is 252 g/mol.